The zero-order chi connectivity index (χ0) is 12.3. The molecule has 7 nitrogen and oxygen atoms in total. The number of carbonyl (C=O) groups is 1. The van der Waals surface area contributed by atoms with Crippen LogP contribution in [0.3, 0.4) is 0 Å². The van der Waals surface area contributed by atoms with Crippen LogP contribution in [-0.2, 0) is 17.4 Å². The molecule has 0 unspecified atom stereocenters. The lowest BCUT2D eigenvalue weighted by Crippen LogP contribution is -2.30. The molecule has 0 aliphatic heterocycles. The SMILES string of the molecule is O=C([O-])CNc1cccc(-n2nnnc2[S-])c1. The Bertz CT molecular complexity index is 542. The number of carboxylic acid groups (broad SMARTS) is 1. The maximum absolute atomic E-state index is 10.3. The molecule has 1 aromatic heterocycles. The fourth-order valence-electron chi connectivity index (χ4n) is 1.26. The number of aromatic nitrogens is 4. The number of hydrogen-bond acceptors (Lipinski definition) is 7. The number of nitrogens with zero attached hydrogens (tertiary/aromatic N) is 4. The van der Waals surface area contributed by atoms with E-state index in [0.29, 0.717) is 11.4 Å². The molecular formula is C9H7N5O2S-2. The van der Waals surface area contributed by atoms with Gasteiger partial charge in [-0.1, -0.05) is 6.07 Å². The van der Waals surface area contributed by atoms with Gasteiger partial charge in [-0.2, -0.15) is 0 Å². The van der Waals surface area contributed by atoms with E-state index in [0.717, 1.165) is 0 Å². The van der Waals surface area contributed by atoms with E-state index in [1.807, 2.05) is 0 Å². The van der Waals surface area contributed by atoms with E-state index in [1.54, 1.807) is 24.3 Å². The highest BCUT2D eigenvalue weighted by Crippen LogP contribution is 2.14. The van der Waals surface area contributed by atoms with Crippen molar-refractivity contribution in [3.63, 3.8) is 0 Å². The molecule has 0 atom stereocenters. The van der Waals surface area contributed by atoms with Gasteiger partial charge in [0.05, 0.1) is 18.2 Å². The fourth-order valence-corrected chi connectivity index (χ4v) is 1.44. The van der Waals surface area contributed by atoms with E-state index < -0.39 is 5.97 Å². The molecule has 17 heavy (non-hydrogen) atoms. The highest BCUT2D eigenvalue weighted by molar-refractivity contribution is 7.58. The first-order chi connectivity index (χ1) is 8.16. The van der Waals surface area contributed by atoms with Gasteiger partial charge >= 0.3 is 0 Å². The second-order valence-corrected chi connectivity index (χ2v) is 3.51. The summed E-state index contributed by atoms with van der Waals surface area (Å²) in [5.74, 6) is -1.18. The van der Waals surface area contributed by atoms with Crippen LogP contribution >= 0.6 is 0 Å². The molecule has 2 aromatic rings. The zero-order valence-electron chi connectivity index (χ0n) is 8.53. The number of aliphatic carboxylic acids is 1. The number of carbonyl (C=O) groups excluding carboxylic acids is 1. The van der Waals surface area contributed by atoms with Crippen molar-refractivity contribution in [2.75, 3.05) is 11.9 Å². The summed E-state index contributed by atoms with van der Waals surface area (Å²) >= 11 is 4.92. The van der Waals surface area contributed by atoms with E-state index in [4.69, 9.17) is 12.6 Å². The molecule has 0 aliphatic carbocycles. The lowest BCUT2D eigenvalue weighted by Gasteiger charge is -2.10. The number of carboxylic acids is 1. The molecule has 2 rings (SSSR count). The van der Waals surface area contributed by atoms with Gasteiger partial charge in [-0.15, -0.1) is 5.10 Å². The predicted molar refractivity (Wildman–Crippen MR) is 58.3 cm³/mol. The monoisotopic (exact) mass is 249 g/mol. The fraction of sp³-hybridized carbons (Fsp3) is 0.111. The largest absolute Gasteiger partial charge is 0.738 e. The van der Waals surface area contributed by atoms with E-state index >= 15 is 0 Å². The second-order valence-electron chi connectivity index (χ2n) is 3.15. The molecule has 0 saturated carbocycles. The van der Waals surface area contributed by atoms with Crippen molar-refractivity contribution in [1.82, 2.24) is 20.2 Å². The van der Waals surface area contributed by atoms with Crippen molar-refractivity contribution in [2.45, 2.75) is 5.16 Å². The Balaban J connectivity index is 2.23. The van der Waals surface area contributed by atoms with Crippen LogP contribution in [0.5, 0.6) is 0 Å². The maximum atomic E-state index is 10.3. The van der Waals surface area contributed by atoms with Crippen molar-refractivity contribution >= 4 is 24.3 Å². The maximum Gasteiger partial charge on any atom is 0.0684 e. The Labute approximate surface area is 102 Å². The normalized spacial score (nSPS) is 10.1. The quantitative estimate of drug-likeness (QED) is 0.675. The number of hydrogen-bond donors (Lipinski definition) is 1. The minimum absolute atomic E-state index is 0.238. The number of tetrazole rings is 1. The minimum Gasteiger partial charge on any atom is -0.738 e. The van der Waals surface area contributed by atoms with Crippen molar-refractivity contribution in [3.8, 4) is 5.69 Å². The number of rotatable bonds is 4. The smallest absolute Gasteiger partial charge is 0.0684 e. The van der Waals surface area contributed by atoms with Crippen LogP contribution in [-0.4, -0.2) is 32.7 Å². The van der Waals surface area contributed by atoms with Gasteiger partial charge in [0, 0.05) is 10.8 Å². The molecule has 0 fully saturated rings. The van der Waals surface area contributed by atoms with Crippen LogP contribution in [0.25, 0.3) is 5.69 Å². The topological polar surface area (TPSA) is 95.8 Å². The Morgan fingerprint density at radius 2 is 2.35 bits per heavy atom. The van der Waals surface area contributed by atoms with Gasteiger partial charge in [0.15, 0.2) is 0 Å². The summed E-state index contributed by atoms with van der Waals surface area (Å²) in [5.41, 5.74) is 1.28. The van der Waals surface area contributed by atoms with Gasteiger partial charge in [-0.25, -0.2) is 4.68 Å². The standard InChI is InChI=1S/C9H9N5O2S/c15-8(16)5-10-6-2-1-3-7(4-6)14-9(17)11-12-13-14/h1-4,10H,5H2,(H,15,16)(H,11,13,17)/p-2. The molecule has 0 saturated heterocycles. The van der Waals surface area contributed by atoms with Crippen molar-refractivity contribution in [3.05, 3.63) is 24.3 Å². The van der Waals surface area contributed by atoms with Gasteiger partial charge in [0.25, 0.3) is 0 Å². The van der Waals surface area contributed by atoms with Crippen molar-refractivity contribution < 1.29 is 9.90 Å². The van der Waals surface area contributed by atoms with Crippen molar-refractivity contribution in [2.24, 2.45) is 0 Å². The summed E-state index contributed by atoms with van der Waals surface area (Å²) in [5, 5.41) is 24.0. The highest BCUT2D eigenvalue weighted by atomic mass is 32.1. The average Bonchev–Trinajstić information content (AvgIpc) is 2.73. The third kappa shape index (κ3) is 2.67. The minimum atomic E-state index is -1.18. The second kappa shape index (κ2) is 4.74. The Morgan fingerprint density at radius 1 is 1.53 bits per heavy atom. The molecule has 0 radical (unpaired) electrons. The van der Waals surface area contributed by atoms with Gasteiger partial charge in [0.2, 0.25) is 0 Å². The first kappa shape index (κ1) is 11.3. The van der Waals surface area contributed by atoms with Crippen LogP contribution in [0.1, 0.15) is 0 Å². The van der Waals surface area contributed by atoms with Crippen LogP contribution in [0.15, 0.2) is 29.4 Å². The molecular weight excluding hydrogens is 242 g/mol. The molecule has 0 bridgehead atoms. The summed E-state index contributed by atoms with van der Waals surface area (Å²) in [6.45, 7) is -0.264. The molecule has 0 amide bonds. The van der Waals surface area contributed by atoms with Gasteiger partial charge in [0.1, 0.15) is 0 Å². The Hall–Kier alpha value is -2.22. The van der Waals surface area contributed by atoms with E-state index in [2.05, 4.69) is 20.8 Å². The lowest BCUT2D eigenvalue weighted by molar-refractivity contribution is -0.302. The third-order valence-electron chi connectivity index (χ3n) is 1.97. The molecule has 1 heterocycles. The summed E-state index contributed by atoms with van der Waals surface area (Å²) in [4.78, 5) is 10.3. The summed E-state index contributed by atoms with van der Waals surface area (Å²) in [7, 11) is 0. The number of anilines is 1. The molecule has 88 valence electrons. The third-order valence-corrected chi connectivity index (χ3v) is 2.22. The Kier molecular flexibility index (Phi) is 3.15. The summed E-state index contributed by atoms with van der Waals surface area (Å²) < 4.78 is 1.37. The first-order valence-electron chi connectivity index (χ1n) is 4.66. The van der Waals surface area contributed by atoms with Crippen molar-refractivity contribution in [1.29, 1.82) is 0 Å². The lowest BCUT2D eigenvalue weighted by atomic mass is 10.3. The molecule has 1 aromatic carbocycles. The van der Waals surface area contributed by atoms with Gasteiger partial charge in [-0.05, 0) is 28.6 Å². The summed E-state index contributed by atoms with van der Waals surface area (Å²) in [6, 6.07) is 6.91. The van der Waals surface area contributed by atoms with Crippen LogP contribution in [0.4, 0.5) is 5.69 Å². The molecule has 8 heteroatoms. The van der Waals surface area contributed by atoms with Crippen LogP contribution < -0.4 is 10.4 Å². The number of nitrogens with one attached hydrogen (secondary N) is 1. The molecule has 0 spiro atoms. The van der Waals surface area contributed by atoms with Crippen LogP contribution in [0.2, 0.25) is 0 Å². The molecule has 0 aliphatic rings. The summed E-state index contributed by atoms with van der Waals surface area (Å²) in [6.07, 6.45) is 0. The predicted octanol–water partition coefficient (Wildman–Crippen LogP) is -1.27. The van der Waals surface area contributed by atoms with E-state index in [-0.39, 0.29) is 11.7 Å². The average molecular weight is 249 g/mol. The van der Waals surface area contributed by atoms with E-state index in [1.165, 1.54) is 4.68 Å². The van der Waals surface area contributed by atoms with Gasteiger partial charge in [-0.3, -0.25) is 0 Å². The Morgan fingerprint density at radius 3 is 3.00 bits per heavy atom. The first-order valence-corrected chi connectivity index (χ1v) is 5.07. The zero-order valence-corrected chi connectivity index (χ0v) is 9.35. The molecule has 1 N–H and O–H groups in total. The van der Waals surface area contributed by atoms with Crippen LogP contribution in [0, 0.1) is 0 Å². The highest BCUT2D eigenvalue weighted by Gasteiger charge is 2.00. The van der Waals surface area contributed by atoms with E-state index in [9.17, 15) is 9.90 Å². The van der Waals surface area contributed by atoms with Gasteiger partial charge < -0.3 is 27.8 Å². The number of benzene rings is 1.